The fourth-order valence-electron chi connectivity index (χ4n) is 4.80. The van der Waals surface area contributed by atoms with Crippen molar-refractivity contribution >= 4 is 33.2 Å². The molecule has 0 unspecified atom stereocenters. The highest BCUT2D eigenvalue weighted by atomic mass is 32.2. The highest BCUT2D eigenvalue weighted by Crippen LogP contribution is 2.36. The Balaban J connectivity index is 1.23. The molecule has 186 valence electrons. The van der Waals surface area contributed by atoms with E-state index < -0.39 is 15.9 Å². The number of nitrogens with zero attached hydrogens (tertiary/aromatic N) is 2. The number of hydrogen-bond acceptors (Lipinski definition) is 6. The maximum atomic E-state index is 13.0. The molecule has 35 heavy (non-hydrogen) atoms. The molecule has 2 aromatic rings. The van der Waals surface area contributed by atoms with Gasteiger partial charge in [0.05, 0.1) is 10.8 Å². The number of benzene rings is 2. The van der Waals surface area contributed by atoms with E-state index in [1.807, 2.05) is 0 Å². The van der Waals surface area contributed by atoms with Gasteiger partial charge in [-0.2, -0.15) is 4.31 Å². The molecule has 2 aromatic carbocycles. The van der Waals surface area contributed by atoms with Crippen molar-refractivity contribution in [3.05, 3.63) is 42.5 Å². The third-order valence-corrected chi connectivity index (χ3v) is 8.59. The molecule has 9 nitrogen and oxygen atoms in total. The fourth-order valence-corrected chi connectivity index (χ4v) is 6.40. The third-order valence-electron chi connectivity index (χ3n) is 6.71. The number of carbonyl (C=O) groups is 2. The Bertz CT molecular complexity index is 1230. The van der Waals surface area contributed by atoms with Crippen molar-refractivity contribution in [1.29, 1.82) is 0 Å². The lowest BCUT2D eigenvalue weighted by Gasteiger charge is -2.30. The first-order valence-corrected chi connectivity index (χ1v) is 13.4. The van der Waals surface area contributed by atoms with E-state index in [2.05, 4.69) is 12.2 Å². The summed E-state index contributed by atoms with van der Waals surface area (Å²) in [6.07, 6.45) is 1.99. The van der Waals surface area contributed by atoms with Gasteiger partial charge in [0.25, 0.3) is 0 Å². The lowest BCUT2D eigenvalue weighted by Crippen LogP contribution is -2.39. The van der Waals surface area contributed by atoms with Crippen molar-refractivity contribution in [1.82, 2.24) is 4.31 Å². The van der Waals surface area contributed by atoms with Crippen LogP contribution in [0.15, 0.2) is 47.4 Å². The van der Waals surface area contributed by atoms with Gasteiger partial charge in [-0.1, -0.05) is 6.92 Å². The lowest BCUT2D eigenvalue weighted by atomic mass is 10.0. The molecule has 2 fully saturated rings. The van der Waals surface area contributed by atoms with Gasteiger partial charge in [0.2, 0.25) is 21.8 Å². The van der Waals surface area contributed by atoms with E-state index in [1.165, 1.54) is 16.4 Å². The van der Waals surface area contributed by atoms with Crippen LogP contribution >= 0.6 is 0 Å². The van der Waals surface area contributed by atoms with Crippen LogP contribution in [0, 0.1) is 11.8 Å². The summed E-state index contributed by atoms with van der Waals surface area (Å²) >= 11 is 0. The van der Waals surface area contributed by atoms with Gasteiger partial charge in [0.15, 0.2) is 11.5 Å². The van der Waals surface area contributed by atoms with Crippen LogP contribution < -0.4 is 19.7 Å². The molecule has 0 spiro atoms. The van der Waals surface area contributed by atoms with Gasteiger partial charge in [-0.15, -0.1) is 0 Å². The van der Waals surface area contributed by atoms with Gasteiger partial charge < -0.3 is 19.7 Å². The molecule has 10 heteroatoms. The first kappa shape index (κ1) is 23.6. The Morgan fingerprint density at radius 3 is 2.51 bits per heavy atom. The summed E-state index contributed by atoms with van der Waals surface area (Å²) in [5.74, 6) is 0.629. The summed E-state index contributed by atoms with van der Waals surface area (Å²) in [6, 6.07) is 11.5. The Morgan fingerprint density at radius 2 is 1.77 bits per heavy atom. The van der Waals surface area contributed by atoms with E-state index in [-0.39, 0.29) is 29.7 Å². The van der Waals surface area contributed by atoms with Gasteiger partial charge >= 0.3 is 0 Å². The van der Waals surface area contributed by atoms with Crippen molar-refractivity contribution in [2.24, 2.45) is 11.8 Å². The van der Waals surface area contributed by atoms with E-state index in [1.54, 1.807) is 35.2 Å². The maximum absolute atomic E-state index is 13.0. The number of rotatable bonds is 5. The van der Waals surface area contributed by atoms with Crippen LogP contribution in [0.1, 0.15) is 26.2 Å². The predicted octanol–water partition coefficient (Wildman–Crippen LogP) is 2.87. The second kappa shape index (κ2) is 9.50. The number of piperidine rings is 1. The topological polar surface area (TPSA) is 105 Å². The average Bonchev–Trinajstić information content (AvgIpc) is 3.26. The summed E-state index contributed by atoms with van der Waals surface area (Å²) in [7, 11) is -3.56. The monoisotopic (exact) mass is 499 g/mol. The second-order valence-electron chi connectivity index (χ2n) is 9.36. The molecule has 0 aromatic heterocycles. The Hall–Kier alpha value is -3.11. The van der Waals surface area contributed by atoms with Gasteiger partial charge in [0, 0.05) is 43.5 Å². The molecule has 0 bridgehead atoms. The van der Waals surface area contributed by atoms with E-state index in [0.29, 0.717) is 55.1 Å². The zero-order valence-electron chi connectivity index (χ0n) is 19.6. The number of sulfonamides is 1. The Kier molecular flexibility index (Phi) is 6.41. The second-order valence-corrected chi connectivity index (χ2v) is 11.3. The van der Waals surface area contributed by atoms with E-state index in [0.717, 1.165) is 12.8 Å². The van der Waals surface area contributed by atoms with Crippen LogP contribution in [0.5, 0.6) is 11.5 Å². The minimum Gasteiger partial charge on any atom is -0.486 e. The molecule has 3 aliphatic rings. The first-order valence-electron chi connectivity index (χ1n) is 11.9. The summed E-state index contributed by atoms with van der Waals surface area (Å²) < 4.78 is 38.6. The maximum Gasteiger partial charge on any atom is 0.243 e. The van der Waals surface area contributed by atoms with Crippen molar-refractivity contribution < 1.29 is 27.5 Å². The SMILES string of the molecule is C[C@@H]1CCCN(S(=O)(=O)c2ccc(NC(=O)[C@H]3CC(=O)N(c4ccc5c(c4)OCCO5)C3)cc2)C1. The number of fused-ring (bicyclic) bond motifs is 1. The molecule has 0 saturated carbocycles. The lowest BCUT2D eigenvalue weighted by molar-refractivity contribution is -0.122. The molecule has 2 atom stereocenters. The van der Waals surface area contributed by atoms with Crippen LogP contribution in [-0.4, -0.2) is 57.4 Å². The molecular formula is C25H29N3O6S. The van der Waals surface area contributed by atoms with Crippen molar-refractivity contribution in [2.45, 2.75) is 31.1 Å². The van der Waals surface area contributed by atoms with Crippen molar-refractivity contribution in [2.75, 3.05) is 43.1 Å². The molecule has 1 N–H and O–H groups in total. The number of carbonyl (C=O) groups excluding carboxylic acids is 2. The fraction of sp³-hybridized carbons (Fsp3) is 0.440. The number of nitrogens with one attached hydrogen (secondary N) is 1. The smallest absolute Gasteiger partial charge is 0.243 e. The Labute approximate surface area is 205 Å². The standard InChI is InChI=1S/C25H29N3O6S/c1-17-3-2-10-27(15-17)35(31,32)21-7-4-19(5-8-21)26-25(30)18-13-24(29)28(16-18)20-6-9-22-23(14-20)34-12-11-33-22/h4-9,14,17-18H,2-3,10-13,15-16H2,1H3,(H,26,30)/t17-,18+/m1/s1. The average molecular weight is 500 g/mol. The molecule has 3 aliphatic heterocycles. The number of anilines is 2. The summed E-state index contributed by atoms with van der Waals surface area (Å²) in [4.78, 5) is 27.3. The van der Waals surface area contributed by atoms with Crippen LogP contribution in [0.25, 0.3) is 0 Å². The van der Waals surface area contributed by atoms with Gasteiger partial charge in [-0.3, -0.25) is 9.59 Å². The minimum absolute atomic E-state index is 0.0971. The van der Waals surface area contributed by atoms with E-state index >= 15 is 0 Å². The number of hydrogen-bond donors (Lipinski definition) is 1. The van der Waals surface area contributed by atoms with Crippen LogP contribution in [0.3, 0.4) is 0 Å². The van der Waals surface area contributed by atoms with Crippen LogP contribution in [0.2, 0.25) is 0 Å². The first-order chi connectivity index (χ1) is 16.8. The van der Waals surface area contributed by atoms with Crippen LogP contribution in [-0.2, 0) is 19.6 Å². The van der Waals surface area contributed by atoms with Gasteiger partial charge in [-0.05, 0) is 55.2 Å². The molecule has 0 radical (unpaired) electrons. The zero-order chi connectivity index (χ0) is 24.6. The minimum atomic E-state index is -3.56. The molecule has 0 aliphatic carbocycles. The number of amides is 2. The molecular weight excluding hydrogens is 470 g/mol. The highest BCUT2D eigenvalue weighted by molar-refractivity contribution is 7.89. The normalized spacial score (nSPS) is 22.8. The molecule has 3 heterocycles. The van der Waals surface area contributed by atoms with Gasteiger partial charge in [0.1, 0.15) is 13.2 Å². The molecule has 5 rings (SSSR count). The summed E-state index contributed by atoms with van der Waals surface area (Å²) in [6.45, 7) is 4.30. The Morgan fingerprint density at radius 1 is 1.03 bits per heavy atom. The zero-order valence-corrected chi connectivity index (χ0v) is 20.4. The van der Waals surface area contributed by atoms with E-state index in [9.17, 15) is 18.0 Å². The number of ether oxygens (including phenoxy) is 2. The summed E-state index contributed by atoms with van der Waals surface area (Å²) in [5.41, 5.74) is 1.15. The van der Waals surface area contributed by atoms with Crippen molar-refractivity contribution in [3.63, 3.8) is 0 Å². The molecule has 2 amide bonds. The van der Waals surface area contributed by atoms with Crippen molar-refractivity contribution in [3.8, 4) is 11.5 Å². The van der Waals surface area contributed by atoms with E-state index in [4.69, 9.17) is 9.47 Å². The predicted molar refractivity (Wildman–Crippen MR) is 130 cm³/mol. The van der Waals surface area contributed by atoms with Gasteiger partial charge in [-0.25, -0.2) is 8.42 Å². The van der Waals surface area contributed by atoms with Crippen LogP contribution in [0.4, 0.5) is 11.4 Å². The summed E-state index contributed by atoms with van der Waals surface area (Å²) in [5, 5.41) is 2.82. The largest absolute Gasteiger partial charge is 0.486 e. The highest BCUT2D eigenvalue weighted by Gasteiger charge is 2.36. The molecule has 2 saturated heterocycles. The quantitative estimate of drug-likeness (QED) is 0.678. The third kappa shape index (κ3) is 4.85.